The molecule has 0 aliphatic carbocycles. The van der Waals surface area contributed by atoms with Gasteiger partial charge in [0.05, 0.1) is 23.0 Å². The standard InChI is InChI=1S/C33H62NO2S.C7H8O3S/c1-2-3-4-5-6-7-8-9-10-11-12-13-14-17-20-23-32-28-33(36-29-32)30-35-26-22-19-16-15-18-21-24-34-25-27-37-31-34;1-6-2-4-7(5-3-6)11(8,9)10/h25,27,31-33H,2-24,26,28-30H2,1H3;2-5H,1H3,(H,8,9,10)/q+1;/p-1/t32-,33+;/m0./s1. The molecule has 0 spiro atoms. The zero-order valence-corrected chi connectivity index (χ0v) is 32.2. The van der Waals surface area contributed by atoms with Crippen LogP contribution in [0.15, 0.2) is 46.2 Å². The second-order valence-electron chi connectivity index (χ2n) is 14.0. The predicted octanol–water partition coefficient (Wildman–Crippen LogP) is 11.0. The van der Waals surface area contributed by atoms with E-state index in [1.807, 2.05) is 6.92 Å². The van der Waals surface area contributed by atoms with Gasteiger partial charge >= 0.3 is 0 Å². The number of hydrogen-bond donors (Lipinski definition) is 0. The predicted molar refractivity (Wildman–Crippen MR) is 200 cm³/mol. The molecular formula is C40H69NO5S2. The van der Waals surface area contributed by atoms with Gasteiger partial charge in [0.2, 0.25) is 5.51 Å². The average Bonchev–Trinajstić information content (AvgIpc) is 3.76. The minimum atomic E-state index is -4.27. The molecule has 1 aliphatic heterocycles. The maximum absolute atomic E-state index is 10.4. The fourth-order valence-corrected chi connectivity index (χ4v) is 7.51. The van der Waals surface area contributed by atoms with Gasteiger partial charge in [0, 0.05) is 19.6 Å². The molecule has 3 rings (SSSR count). The van der Waals surface area contributed by atoms with Crippen molar-refractivity contribution in [3.05, 3.63) is 46.9 Å². The summed E-state index contributed by atoms with van der Waals surface area (Å²) in [5, 5.41) is 2.15. The van der Waals surface area contributed by atoms with Crippen LogP contribution in [0.5, 0.6) is 0 Å². The fourth-order valence-electron chi connectivity index (χ4n) is 6.42. The maximum atomic E-state index is 10.4. The molecule has 0 saturated carbocycles. The van der Waals surface area contributed by atoms with E-state index in [0.29, 0.717) is 6.10 Å². The van der Waals surface area contributed by atoms with Gasteiger partial charge in [-0.05, 0) is 50.7 Å². The Hall–Kier alpha value is -1.32. The molecule has 8 heteroatoms. The smallest absolute Gasteiger partial charge is 0.224 e. The minimum Gasteiger partial charge on any atom is -0.744 e. The Balaban J connectivity index is 0.000000613. The van der Waals surface area contributed by atoms with Gasteiger partial charge in [-0.3, -0.25) is 0 Å². The van der Waals surface area contributed by atoms with Crippen LogP contribution in [0.3, 0.4) is 0 Å². The van der Waals surface area contributed by atoms with Crippen molar-refractivity contribution >= 4 is 21.5 Å². The van der Waals surface area contributed by atoms with E-state index < -0.39 is 10.1 Å². The molecule has 276 valence electrons. The highest BCUT2D eigenvalue weighted by atomic mass is 32.2. The third-order valence-electron chi connectivity index (χ3n) is 9.48. The van der Waals surface area contributed by atoms with Crippen LogP contribution < -0.4 is 4.57 Å². The van der Waals surface area contributed by atoms with Crippen LogP contribution in [-0.4, -0.2) is 38.9 Å². The van der Waals surface area contributed by atoms with Gasteiger partial charge in [-0.25, -0.2) is 8.42 Å². The number of rotatable bonds is 28. The zero-order valence-electron chi connectivity index (χ0n) is 30.6. The monoisotopic (exact) mass is 707 g/mol. The molecule has 2 aromatic rings. The molecule has 0 amide bonds. The first-order valence-electron chi connectivity index (χ1n) is 19.5. The van der Waals surface area contributed by atoms with Crippen molar-refractivity contribution in [3.8, 4) is 0 Å². The number of hydrogen-bond acceptors (Lipinski definition) is 6. The van der Waals surface area contributed by atoms with Crippen molar-refractivity contribution in [3.63, 3.8) is 0 Å². The number of nitrogens with zero attached hydrogens (tertiary/aromatic N) is 1. The van der Waals surface area contributed by atoms with Gasteiger partial charge < -0.3 is 14.0 Å². The molecule has 0 bridgehead atoms. The van der Waals surface area contributed by atoms with Crippen LogP contribution in [0.4, 0.5) is 0 Å². The molecule has 1 aromatic carbocycles. The molecule has 0 radical (unpaired) electrons. The number of aromatic nitrogens is 1. The number of thiazole rings is 1. The quantitative estimate of drug-likeness (QED) is 0.0500. The fraction of sp³-hybridized carbons (Fsp3) is 0.775. The zero-order chi connectivity index (χ0) is 34.5. The van der Waals surface area contributed by atoms with Crippen molar-refractivity contribution < 1.29 is 27.0 Å². The van der Waals surface area contributed by atoms with Crippen LogP contribution >= 0.6 is 11.3 Å². The first kappa shape index (κ1) is 42.8. The maximum Gasteiger partial charge on any atom is 0.224 e. The minimum absolute atomic E-state index is 0.178. The van der Waals surface area contributed by atoms with Gasteiger partial charge in [-0.1, -0.05) is 152 Å². The Morgan fingerprint density at radius 1 is 0.792 bits per heavy atom. The van der Waals surface area contributed by atoms with Crippen LogP contribution in [0.1, 0.15) is 160 Å². The lowest BCUT2D eigenvalue weighted by molar-refractivity contribution is -0.692. The van der Waals surface area contributed by atoms with Crippen LogP contribution in [-0.2, 0) is 26.1 Å². The molecule has 0 N–H and O–H groups in total. The van der Waals surface area contributed by atoms with Crippen LogP contribution in [0.2, 0.25) is 0 Å². The lowest BCUT2D eigenvalue weighted by atomic mass is 9.97. The first-order valence-corrected chi connectivity index (χ1v) is 21.9. The Bertz CT molecular complexity index is 1090. The summed E-state index contributed by atoms with van der Waals surface area (Å²) in [7, 11) is -4.27. The van der Waals surface area contributed by atoms with Gasteiger partial charge in [0.1, 0.15) is 16.7 Å². The Kier molecular flexibility index (Phi) is 25.3. The van der Waals surface area contributed by atoms with E-state index in [9.17, 15) is 13.0 Å². The highest BCUT2D eigenvalue weighted by Gasteiger charge is 2.25. The Morgan fingerprint density at radius 2 is 1.33 bits per heavy atom. The number of unbranched alkanes of at least 4 members (excludes halogenated alkanes) is 19. The van der Waals surface area contributed by atoms with E-state index in [1.54, 1.807) is 23.5 Å². The van der Waals surface area contributed by atoms with E-state index in [2.05, 4.69) is 28.6 Å². The summed E-state index contributed by atoms with van der Waals surface area (Å²) >= 11 is 1.78. The SMILES string of the molecule is CCCCCCCCCCCCCCCCC[C@@H]1CO[C@@H](COCCCCCCCC[n+]2ccsc2)C1.Cc1ccc(S(=O)(=O)[O-])cc1. The van der Waals surface area contributed by atoms with E-state index in [0.717, 1.165) is 31.3 Å². The summed E-state index contributed by atoms with van der Waals surface area (Å²) < 4.78 is 45.4. The second-order valence-corrected chi connectivity index (χ2v) is 16.2. The third kappa shape index (κ3) is 23.2. The molecule has 48 heavy (non-hydrogen) atoms. The number of benzene rings is 1. The molecule has 2 atom stereocenters. The summed E-state index contributed by atoms with van der Waals surface area (Å²) in [6.45, 7) is 7.99. The van der Waals surface area contributed by atoms with Crippen molar-refractivity contribution in [1.29, 1.82) is 0 Å². The molecule has 1 fully saturated rings. The lowest BCUT2D eigenvalue weighted by Crippen LogP contribution is -2.29. The van der Waals surface area contributed by atoms with E-state index in [4.69, 9.17) is 9.47 Å². The third-order valence-corrected chi connectivity index (χ3v) is 11.0. The highest BCUT2D eigenvalue weighted by molar-refractivity contribution is 7.85. The summed E-state index contributed by atoms with van der Waals surface area (Å²) in [5.41, 5.74) is 3.13. The summed E-state index contributed by atoms with van der Waals surface area (Å²) in [6.07, 6.45) is 34.7. The van der Waals surface area contributed by atoms with E-state index in [1.165, 1.54) is 166 Å². The lowest BCUT2D eigenvalue weighted by Gasteiger charge is -2.10. The largest absolute Gasteiger partial charge is 0.744 e. The van der Waals surface area contributed by atoms with Gasteiger partial charge in [-0.15, -0.1) is 0 Å². The van der Waals surface area contributed by atoms with E-state index >= 15 is 0 Å². The van der Waals surface area contributed by atoms with Crippen molar-refractivity contribution in [2.75, 3.05) is 19.8 Å². The summed E-state index contributed by atoms with van der Waals surface area (Å²) in [4.78, 5) is -0.178. The molecular weight excluding hydrogens is 639 g/mol. The van der Waals surface area contributed by atoms with Gasteiger partial charge in [0.15, 0.2) is 6.20 Å². The van der Waals surface area contributed by atoms with Crippen molar-refractivity contribution in [1.82, 2.24) is 0 Å². The van der Waals surface area contributed by atoms with Crippen molar-refractivity contribution in [2.45, 2.75) is 179 Å². The molecule has 1 saturated heterocycles. The second kappa shape index (κ2) is 28.4. The normalized spacial score (nSPS) is 16.2. The summed E-state index contributed by atoms with van der Waals surface area (Å²) in [5.74, 6) is 0.780. The topological polar surface area (TPSA) is 79.5 Å². The molecule has 0 unspecified atom stereocenters. The number of aryl methyl sites for hydroxylation is 2. The first-order chi connectivity index (χ1) is 23.4. The van der Waals surface area contributed by atoms with Crippen molar-refractivity contribution in [2.24, 2.45) is 5.92 Å². The molecule has 2 heterocycles. The summed E-state index contributed by atoms with van der Waals surface area (Å²) in [6, 6.07) is 5.78. The Morgan fingerprint density at radius 3 is 1.88 bits per heavy atom. The van der Waals surface area contributed by atoms with Gasteiger partial charge in [0.25, 0.3) is 0 Å². The molecule has 6 nitrogen and oxygen atoms in total. The van der Waals surface area contributed by atoms with Gasteiger partial charge in [-0.2, -0.15) is 4.57 Å². The molecule has 1 aliphatic rings. The number of ether oxygens (including phenoxy) is 2. The molecule has 1 aromatic heterocycles. The Labute approximate surface area is 299 Å². The van der Waals surface area contributed by atoms with Crippen LogP contribution in [0, 0.1) is 12.8 Å². The average molecular weight is 708 g/mol. The van der Waals surface area contributed by atoms with E-state index in [-0.39, 0.29) is 4.90 Å². The van der Waals surface area contributed by atoms with Crippen LogP contribution in [0.25, 0.3) is 0 Å². The highest BCUT2D eigenvalue weighted by Crippen LogP contribution is 2.25.